The van der Waals surface area contributed by atoms with Gasteiger partial charge in [-0.1, -0.05) is 45.7 Å². The second-order valence-electron chi connectivity index (χ2n) is 5.65. The predicted molar refractivity (Wildman–Crippen MR) is 112 cm³/mol. The maximum Gasteiger partial charge on any atom is 0.255 e. The summed E-state index contributed by atoms with van der Waals surface area (Å²) >= 11 is 11.3. The van der Waals surface area contributed by atoms with Crippen molar-refractivity contribution in [3.05, 3.63) is 81.8 Å². The fourth-order valence-electron chi connectivity index (χ4n) is 2.59. The van der Waals surface area contributed by atoms with E-state index in [9.17, 15) is 4.79 Å². The molecule has 26 heavy (non-hydrogen) atoms. The quantitative estimate of drug-likeness (QED) is 0.386. The number of nitrogens with one attached hydrogen (secondary N) is 1. The maximum absolute atomic E-state index is 12.5. The van der Waals surface area contributed by atoms with E-state index >= 15 is 0 Å². The van der Waals surface area contributed by atoms with Crippen LogP contribution < -0.4 is 5.32 Å². The van der Waals surface area contributed by atoms with E-state index in [-0.39, 0.29) is 5.91 Å². The Morgan fingerprint density at radius 3 is 2.69 bits per heavy atom. The molecule has 1 heterocycles. The monoisotopic (exact) mass is 442 g/mol. The number of hydrogen-bond donors (Lipinski definition) is 1. The number of thiazole rings is 1. The number of para-hydroxylation sites is 1. The first kappa shape index (κ1) is 17.2. The molecule has 0 aliphatic carbocycles. The van der Waals surface area contributed by atoms with Gasteiger partial charge in [0.25, 0.3) is 5.91 Å². The van der Waals surface area contributed by atoms with Crippen molar-refractivity contribution in [2.24, 2.45) is 0 Å². The number of benzene rings is 3. The van der Waals surface area contributed by atoms with Crippen molar-refractivity contribution in [2.75, 3.05) is 5.32 Å². The number of carbonyl (C=O) groups excluding carboxylic acids is 1. The lowest BCUT2D eigenvalue weighted by Crippen LogP contribution is -2.11. The summed E-state index contributed by atoms with van der Waals surface area (Å²) in [7, 11) is 0. The van der Waals surface area contributed by atoms with Crippen molar-refractivity contribution in [3.63, 3.8) is 0 Å². The average molecular weight is 444 g/mol. The fourth-order valence-corrected chi connectivity index (χ4v) is 4.25. The highest BCUT2D eigenvalue weighted by Crippen LogP contribution is 2.36. The van der Waals surface area contributed by atoms with E-state index in [0.717, 1.165) is 25.3 Å². The van der Waals surface area contributed by atoms with E-state index in [4.69, 9.17) is 11.6 Å². The van der Waals surface area contributed by atoms with Crippen LogP contribution in [0.3, 0.4) is 0 Å². The van der Waals surface area contributed by atoms with Crippen LogP contribution in [0.4, 0.5) is 5.69 Å². The number of carbonyl (C=O) groups is 1. The molecule has 1 amide bonds. The van der Waals surface area contributed by atoms with Gasteiger partial charge in [0.2, 0.25) is 0 Å². The Hall–Kier alpha value is -2.21. The minimum atomic E-state index is -0.177. The highest BCUT2D eigenvalue weighted by atomic mass is 79.9. The van der Waals surface area contributed by atoms with Crippen molar-refractivity contribution in [2.45, 2.75) is 0 Å². The lowest BCUT2D eigenvalue weighted by atomic mass is 10.1. The highest BCUT2D eigenvalue weighted by molar-refractivity contribution is 9.10. The Bertz CT molecular complexity index is 1090. The van der Waals surface area contributed by atoms with Crippen LogP contribution in [0.1, 0.15) is 10.4 Å². The number of fused-ring (bicyclic) bond motifs is 1. The van der Waals surface area contributed by atoms with Crippen LogP contribution in [-0.4, -0.2) is 10.9 Å². The molecule has 0 unspecified atom stereocenters. The smallest absolute Gasteiger partial charge is 0.255 e. The second-order valence-corrected chi connectivity index (χ2v) is 8.00. The minimum absolute atomic E-state index is 0.177. The maximum atomic E-state index is 12.5. The van der Waals surface area contributed by atoms with E-state index in [2.05, 4.69) is 26.2 Å². The lowest BCUT2D eigenvalue weighted by molar-refractivity contribution is 0.102. The highest BCUT2D eigenvalue weighted by Gasteiger charge is 2.12. The molecule has 4 rings (SSSR count). The van der Waals surface area contributed by atoms with Gasteiger partial charge in [0, 0.05) is 21.3 Å². The summed E-state index contributed by atoms with van der Waals surface area (Å²) in [6, 6.07) is 20.6. The number of hydrogen-bond acceptors (Lipinski definition) is 3. The molecule has 0 aliphatic heterocycles. The van der Waals surface area contributed by atoms with Crippen molar-refractivity contribution < 1.29 is 4.79 Å². The standard InChI is InChI=1S/C20H12BrClN2OS/c21-13-5-3-4-12(10-13)19(25)23-14-8-9-16(22)15(11-14)20-24-17-6-1-2-7-18(17)26-20/h1-11H,(H,23,25). The van der Waals surface area contributed by atoms with E-state index in [0.29, 0.717) is 16.3 Å². The van der Waals surface area contributed by atoms with Gasteiger partial charge in [0.15, 0.2) is 0 Å². The molecule has 1 aromatic heterocycles. The van der Waals surface area contributed by atoms with Crippen LogP contribution in [0.25, 0.3) is 20.8 Å². The Kier molecular flexibility index (Phi) is 4.76. The van der Waals surface area contributed by atoms with E-state index in [1.165, 1.54) is 0 Å². The molecule has 0 radical (unpaired) electrons. The molecule has 128 valence electrons. The van der Waals surface area contributed by atoms with Gasteiger partial charge in [-0.25, -0.2) is 4.98 Å². The van der Waals surface area contributed by atoms with Gasteiger partial charge >= 0.3 is 0 Å². The summed E-state index contributed by atoms with van der Waals surface area (Å²) in [5.41, 5.74) is 3.00. The molecule has 6 heteroatoms. The lowest BCUT2D eigenvalue weighted by Gasteiger charge is -2.08. The molecule has 3 aromatic carbocycles. The molecular formula is C20H12BrClN2OS. The minimum Gasteiger partial charge on any atom is -0.322 e. The van der Waals surface area contributed by atoms with E-state index in [1.54, 1.807) is 35.6 Å². The SMILES string of the molecule is O=C(Nc1ccc(Cl)c(-c2nc3ccccc3s2)c1)c1cccc(Br)c1. The van der Waals surface area contributed by atoms with Gasteiger partial charge in [-0.3, -0.25) is 4.79 Å². The van der Waals surface area contributed by atoms with Gasteiger partial charge in [-0.05, 0) is 48.5 Å². The number of anilines is 1. The molecule has 4 aromatic rings. The molecule has 0 spiro atoms. The Balaban J connectivity index is 1.67. The summed E-state index contributed by atoms with van der Waals surface area (Å²) in [5, 5.41) is 4.34. The normalized spacial score (nSPS) is 10.8. The summed E-state index contributed by atoms with van der Waals surface area (Å²) in [5.74, 6) is -0.177. The zero-order valence-electron chi connectivity index (χ0n) is 13.4. The van der Waals surface area contributed by atoms with E-state index in [1.807, 2.05) is 42.5 Å². The van der Waals surface area contributed by atoms with Crippen molar-refractivity contribution in [1.82, 2.24) is 4.98 Å². The number of nitrogens with zero attached hydrogens (tertiary/aromatic N) is 1. The van der Waals surface area contributed by atoms with Crippen LogP contribution >= 0.6 is 38.9 Å². The Morgan fingerprint density at radius 2 is 1.88 bits per heavy atom. The van der Waals surface area contributed by atoms with Gasteiger partial charge in [-0.15, -0.1) is 11.3 Å². The van der Waals surface area contributed by atoms with Gasteiger partial charge < -0.3 is 5.32 Å². The van der Waals surface area contributed by atoms with Crippen LogP contribution in [-0.2, 0) is 0 Å². The zero-order chi connectivity index (χ0) is 18.1. The summed E-state index contributed by atoms with van der Waals surface area (Å²) in [6.45, 7) is 0. The molecule has 0 saturated heterocycles. The van der Waals surface area contributed by atoms with Gasteiger partial charge in [0.1, 0.15) is 5.01 Å². The Morgan fingerprint density at radius 1 is 1.04 bits per heavy atom. The first-order valence-electron chi connectivity index (χ1n) is 7.82. The van der Waals surface area contributed by atoms with Crippen molar-refractivity contribution in [3.8, 4) is 10.6 Å². The zero-order valence-corrected chi connectivity index (χ0v) is 16.5. The number of amides is 1. The first-order chi connectivity index (χ1) is 12.6. The Labute approximate surface area is 167 Å². The molecule has 0 fully saturated rings. The molecule has 0 atom stereocenters. The molecule has 0 bridgehead atoms. The summed E-state index contributed by atoms with van der Waals surface area (Å²) < 4.78 is 1.96. The van der Waals surface area contributed by atoms with Gasteiger partial charge in [0.05, 0.1) is 15.2 Å². The number of halogens is 2. The third kappa shape index (κ3) is 3.51. The van der Waals surface area contributed by atoms with Crippen LogP contribution in [0.5, 0.6) is 0 Å². The third-order valence-corrected chi connectivity index (χ3v) is 5.73. The average Bonchev–Trinajstić information content (AvgIpc) is 3.07. The largest absolute Gasteiger partial charge is 0.322 e. The topological polar surface area (TPSA) is 42.0 Å². The first-order valence-corrected chi connectivity index (χ1v) is 9.81. The predicted octanol–water partition coefficient (Wildman–Crippen LogP) is 6.63. The summed E-state index contributed by atoms with van der Waals surface area (Å²) in [4.78, 5) is 17.1. The molecule has 0 saturated carbocycles. The molecular weight excluding hydrogens is 432 g/mol. The molecule has 3 nitrogen and oxygen atoms in total. The van der Waals surface area contributed by atoms with Crippen LogP contribution in [0.2, 0.25) is 5.02 Å². The summed E-state index contributed by atoms with van der Waals surface area (Å²) in [6.07, 6.45) is 0. The fraction of sp³-hybridized carbons (Fsp3) is 0. The van der Waals surface area contributed by atoms with Crippen molar-refractivity contribution >= 4 is 60.7 Å². The second kappa shape index (κ2) is 7.19. The number of rotatable bonds is 3. The molecule has 0 aliphatic rings. The van der Waals surface area contributed by atoms with Crippen LogP contribution in [0.15, 0.2) is 71.2 Å². The van der Waals surface area contributed by atoms with Gasteiger partial charge in [-0.2, -0.15) is 0 Å². The van der Waals surface area contributed by atoms with E-state index < -0.39 is 0 Å². The van der Waals surface area contributed by atoms with Crippen molar-refractivity contribution in [1.29, 1.82) is 0 Å². The third-order valence-electron chi connectivity index (χ3n) is 3.84. The number of aromatic nitrogens is 1. The molecule has 1 N–H and O–H groups in total. The van der Waals surface area contributed by atoms with Crippen LogP contribution in [0, 0.1) is 0 Å².